The van der Waals surface area contributed by atoms with Crippen molar-refractivity contribution in [3.63, 3.8) is 0 Å². The van der Waals surface area contributed by atoms with Gasteiger partial charge in [0, 0.05) is 6.42 Å². The van der Waals surface area contributed by atoms with Crippen molar-refractivity contribution < 1.29 is 5.21 Å². The molecule has 0 spiro atoms. The molecule has 0 aromatic carbocycles. The summed E-state index contributed by atoms with van der Waals surface area (Å²) in [7, 11) is 0. The average molecular weight is 180 g/mol. The molecule has 0 aliphatic heterocycles. The van der Waals surface area contributed by atoms with Crippen molar-refractivity contribution in [2.45, 2.75) is 33.6 Å². The first kappa shape index (κ1) is 10.0. The zero-order chi connectivity index (χ0) is 10.1. The zero-order valence-corrected chi connectivity index (χ0v) is 8.41. The second-order valence-electron chi connectivity index (χ2n) is 4.44. The molecule has 3 heteroatoms. The molecule has 0 radical (unpaired) electrons. The maximum atomic E-state index is 8.59. The first-order chi connectivity index (χ1) is 6.04. The minimum Gasteiger partial charge on any atom is -0.411 e. The van der Waals surface area contributed by atoms with Gasteiger partial charge in [0.1, 0.15) is 0 Å². The molecule has 0 heterocycles. The van der Waals surface area contributed by atoms with Crippen LogP contribution in [-0.2, 0) is 0 Å². The Morgan fingerprint density at radius 3 is 2.62 bits per heavy atom. The summed E-state index contributed by atoms with van der Waals surface area (Å²) in [5.41, 5.74) is 1.01. The summed E-state index contributed by atoms with van der Waals surface area (Å²) in [4.78, 5) is 0. The van der Waals surface area contributed by atoms with Gasteiger partial charge in [0.25, 0.3) is 0 Å². The molecule has 1 fully saturated rings. The van der Waals surface area contributed by atoms with Crippen LogP contribution in [0.3, 0.4) is 0 Å². The maximum Gasteiger partial charge on any atom is 0.0624 e. The van der Waals surface area contributed by atoms with Gasteiger partial charge in [-0.2, -0.15) is 5.26 Å². The average Bonchev–Trinajstić information content (AvgIpc) is 2.56. The molecule has 2 atom stereocenters. The second kappa shape index (κ2) is 3.37. The Kier molecular flexibility index (Phi) is 2.60. The lowest BCUT2D eigenvalue weighted by atomic mass is 10.1. The largest absolute Gasteiger partial charge is 0.411 e. The van der Waals surface area contributed by atoms with Crippen LogP contribution in [0.5, 0.6) is 0 Å². The molecule has 1 N–H and O–H groups in total. The fraction of sp³-hybridized carbons (Fsp3) is 0.800. The SMILES string of the molecule is C/C(C[C@H]1[C@@H](CC#N)C1(C)C)=N/O. The molecular formula is C10H16N2O. The number of nitriles is 1. The van der Waals surface area contributed by atoms with Crippen molar-refractivity contribution in [2.24, 2.45) is 22.4 Å². The molecule has 0 aromatic rings. The van der Waals surface area contributed by atoms with Crippen LogP contribution < -0.4 is 0 Å². The Hall–Kier alpha value is -1.04. The minimum absolute atomic E-state index is 0.252. The van der Waals surface area contributed by atoms with Gasteiger partial charge in [-0.1, -0.05) is 19.0 Å². The number of nitrogens with zero attached hydrogens (tertiary/aromatic N) is 2. The zero-order valence-electron chi connectivity index (χ0n) is 8.41. The Morgan fingerprint density at radius 2 is 2.15 bits per heavy atom. The lowest BCUT2D eigenvalue weighted by Gasteiger charge is -2.00. The first-order valence-electron chi connectivity index (χ1n) is 4.58. The minimum atomic E-state index is 0.252. The highest BCUT2D eigenvalue weighted by Crippen LogP contribution is 2.61. The first-order valence-corrected chi connectivity index (χ1v) is 4.58. The summed E-state index contributed by atoms with van der Waals surface area (Å²) in [6, 6.07) is 2.20. The highest BCUT2D eigenvalue weighted by Gasteiger charge is 2.56. The van der Waals surface area contributed by atoms with Crippen LogP contribution in [-0.4, -0.2) is 10.9 Å². The molecule has 72 valence electrons. The molecule has 0 bridgehead atoms. The van der Waals surface area contributed by atoms with Crippen LogP contribution in [0.25, 0.3) is 0 Å². The molecule has 0 unspecified atom stereocenters. The lowest BCUT2D eigenvalue weighted by molar-refractivity contribution is 0.316. The van der Waals surface area contributed by atoms with Crippen molar-refractivity contribution in [1.82, 2.24) is 0 Å². The number of rotatable bonds is 3. The summed E-state index contributed by atoms with van der Waals surface area (Å²) in [6.45, 7) is 6.16. The van der Waals surface area contributed by atoms with E-state index in [0.717, 1.165) is 12.1 Å². The summed E-state index contributed by atoms with van der Waals surface area (Å²) >= 11 is 0. The van der Waals surface area contributed by atoms with Gasteiger partial charge in [-0.15, -0.1) is 0 Å². The van der Waals surface area contributed by atoms with Crippen molar-refractivity contribution in [1.29, 1.82) is 5.26 Å². The van der Waals surface area contributed by atoms with E-state index in [-0.39, 0.29) is 5.41 Å². The molecule has 1 saturated carbocycles. The summed E-state index contributed by atoms with van der Waals surface area (Å²) in [5.74, 6) is 0.997. The van der Waals surface area contributed by atoms with E-state index < -0.39 is 0 Å². The molecule has 3 nitrogen and oxygen atoms in total. The van der Waals surface area contributed by atoms with E-state index in [4.69, 9.17) is 10.5 Å². The standard InChI is InChI=1S/C10H16N2O/c1-7(12-13)6-9-8(4-5-11)10(9,2)3/h8-9,13H,4,6H2,1-3H3/b12-7-/t8-,9+/m1/s1. The Bertz CT molecular complexity index is 263. The van der Waals surface area contributed by atoms with Crippen LogP contribution in [0.15, 0.2) is 5.16 Å². The quantitative estimate of drug-likeness (QED) is 0.412. The van der Waals surface area contributed by atoms with Crippen LogP contribution in [0.4, 0.5) is 0 Å². The predicted octanol–water partition coefficient (Wildman–Crippen LogP) is 2.41. The highest BCUT2D eigenvalue weighted by atomic mass is 16.4. The fourth-order valence-corrected chi connectivity index (χ4v) is 2.13. The van der Waals surface area contributed by atoms with Crippen molar-refractivity contribution >= 4 is 5.71 Å². The van der Waals surface area contributed by atoms with Crippen LogP contribution >= 0.6 is 0 Å². The third-order valence-corrected chi connectivity index (χ3v) is 3.29. The van der Waals surface area contributed by atoms with Gasteiger partial charge in [0.15, 0.2) is 0 Å². The Morgan fingerprint density at radius 1 is 1.54 bits per heavy atom. The molecular weight excluding hydrogens is 164 g/mol. The van der Waals surface area contributed by atoms with Gasteiger partial charge in [-0.3, -0.25) is 0 Å². The van der Waals surface area contributed by atoms with Crippen LogP contribution in [0.1, 0.15) is 33.6 Å². The van der Waals surface area contributed by atoms with Gasteiger partial charge >= 0.3 is 0 Å². The number of hydrogen-bond acceptors (Lipinski definition) is 3. The van der Waals surface area contributed by atoms with Gasteiger partial charge in [-0.05, 0) is 30.6 Å². The molecule has 0 saturated heterocycles. The summed E-state index contributed by atoms with van der Waals surface area (Å²) < 4.78 is 0. The van der Waals surface area contributed by atoms with Crippen molar-refractivity contribution in [3.05, 3.63) is 0 Å². The molecule has 0 aromatic heterocycles. The third-order valence-electron chi connectivity index (χ3n) is 3.29. The number of hydrogen-bond donors (Lipinski definition) is 1. The maximum absolute atomic E-state index is 8.59. The van der Waals surface area contributed by atoms with E-state index >= 15 is 0 Å². The monoisotopic (exact) mass is 180 g/mol. The topological polar surface area (TPSA) is 56.4 Å². The molecule has 1 aliphatic carbocycles. The van der Waals surface area contributed by atoms with Gasteiger partial charge in [-0.25, -0.2) is 0 Å². The normalized spacial score (nSPS) is 31.1. The molecule has 13 heavy (non-hydrogen) atoms. The smallest absolute Gasteiger partial charge is 0.0624 e. The van der Waals surface area contributed by atoms with Crippen molar-refractivity contribution in [2.75, 3.05) is 0 Å². The molecule has 0 amide bonds. The van der Waals surface area contributed by atoms with Gasteiger partial charge < -0.3 is 5.21 Å². The van der Waals surface area contributed by atoms with E-state index in [0.29, 0.717) is 18.3 Å². The van der Waals surface area contributed by atoms with E-state index in [9.17, 15) is 0 Å². The molecule has 1 aliphatic rings. The van der Waals surface area contributed by atoms with E-state index in [1.807, 2.05) is 6.92 Å². The lowest BCUT2D eigenvalue weighted by Crippen LogP contribution is -1.97. The van der Waals surface area contributed by atoms with Gasteiger partial charge in [0.05, 0.1) is 11.8 Å². The fourth-order valence-electron chi connectivity index (χ4n) is 2.13. The highest BCUT2D eigenvalue weighted by molar-refractivity contribution is 5.81. The predicted molar refractivity (Wildman–Crippen MR) is 50.5 cm³/mol. The Labute approximate surface area is 79.1 Å². The summed E-state index contributed by atoms with van der Waals surface area (Å²) in [5, 5.41) is 20.3. The van der Waals surface area contributed by atoms with E-state index in [1.165, 1.54) is 0 Å². The second-order valence-corrected chi connectivity index (χ2v) is 4.44. The van der Waals surface area contributed by atoms with Crippen LogP contribution in [0.2, 0.25) is 0 Å². The number of oxime groups is 1. The van der Waals surface area contributed by atoms with E-state index in [2.05, 4.69) is 25.1 Å². The van der Waals surface area contributed by atoms with Crippen LogP contribution in [0, 0.1) is 28.6 Å². The van der Waals surface area contributed by atoms with Gasteiger partial charge in [0.2, 0.25) is 0 Å². The van der Waals surface area contributed by atoms with E-state index in [1.54, 1.807) is 0 Å². The van der Waals surface area contributed by atoms with Crippen molar-refractivity contribution in [3.8, 4) is 6.07 Å². The third kappa shape index (κ3) is 1.82. The Balaban J connectivity index is 2.52. The molecule has 1 rings (SSSR count). The summed E-state index contributed by atoms with van der Waals surface area (Å²) in [6.07, 6.45) is 1.44.